The summed E-state index contributed by atoms with van der Waals surface area (Å²) < 4.78 is 0. The van der Waals surface area contributed by atoms with E-state index < -0.39 is 11.9 Å². The summed E-state index contributed by atoms with van der Waals surface area (Å²) in [4.78, 5) is 20.3. The molecule has 0 saturated heterocycles. The molecule has 4 heteroatoms. The molecule has 0 aliphatic heterocycles. The van der Waals surface area contributed by atoms with E-state index in [-0.39, 0.29) is 0 Å². The van der Waals surface area contributed by atoms with Gasteiger partial charge in [-0.1, -0.05) is 111 Å². The van der Waals surface area contributed by atoms with Gasteiger partial charge in [0.1, 0.15) is 0 Å². The van der Waals surface area contributed by atoms with Crippen molar-refractivity contribution in [3.63, 3.8) is 0 Å². The molecule has 0 fully saturated rings. The summed E-state index contributed by atoms with van der Waals surface area (Å²) in [6, 6.07) is 0. The normalized spacial score (nSPS) is 10.6. The number of carboxylic acids is 2. The minimum atomic E-state index is -0.677. The van der Waals surface area contributed by atoms with E-state index in [1.165, 1.54) is 70.6 Å². The van der Waals surface area contributed by atoms with Gasteiger partial charge in [-0.2, -0.15) is 0 Å². The molecule has 2 N–H and O–H groups in total. The lowest BCUT2D eigenvalue weighted by molar-refractivity contribution is -0.138. The summed E-state index contributed by atoms with van der Waals surface area (Å²) >= 11 is 0. The van der Waals surface area contributed by atoms with Gasteiger partial charge in [0.2, 0.25) is 0 Å². The van der Waals surface area contributed by atoms with Gasteiger partial charge < -0.3 is 10.2 Å². The van der Waals surface area contributed by atoms with Crippen molar-refractivity contribution in [2.75, 3.05) is 0 Å². The molecular weight excluding hydrogens is 352 g/mol. The second-order valence-corrected chi connectivity index (χ2v) is 8.42. The van der Waals surface area contributed by atoms with Gasteiger partial charge in [0.15, 0.2) is 0 Å². The van der Waals surface area contributed by atoms with E-state index in [9.17, 15) is 9.59 Å². The minimum absolute atomic E-state index is 0.326. The first-order chi connectivity index (χ1) is 13.4. The largest absolute Gasteiger partial charge is 0.481 e. The van der Waals surface area contributed by atoms with E-state index in [1.807, 2.05) is 0 Å². The number of unbranched alkanes of at least 4 members (excludes halogenated alkanes) is 13. The number of aliphatic carboxylic acids is 2. The summed E-state index contributed by atoms with van der Waals surface area (Å²) in [7, 11) is 0. The van der Waals surface area contributed by atoms with Crippen molar-refractivity contribution in [1.29, 1.82) is 0 Å². The fraction of sp³-hybridized carbons (Fsp3) is 0.917. The highest BCUT2D eigenvalue weighted by Crippen LogP contribution is 2.12. The highest BCUT2D eigenvalue weighted by atomic mass is 16.4. The molecule has 0 aromatic carbocycles. The van der Waals surface area contributed by atoms with E-state index in [2.05, 4.69) is 20.8 Å². The molecule has 168 valence electrons. The van der Waals surface area contributed by atoms with Crippen LogP contribution < -0.4 is 0 Å². The number of carbonyl (C=O) groups is 2. The van der Waals surface area contributed by atoms with Crippen molar-refractivity contribution in [2.45, 2.75) is 136 Å². The Morgan fingerprint density at radius 2 is 0.893 bits per heavy atom. The Bertz CT molecular complexity index is 339. The number of rotatable bonds is 19. The van der Waals surface area contributed by atoms with Crippen LogP contribution in [0.4, 0.5) is 0 Å². The van der Waals surface area contributed by atoms with Gasteiger partial charge in [0, 0.05) is 12.8 Å². The quantitative estimate of drug-likeness (QED) is 0.216. The van der Waals surface area contributed by atoms with Crippen LogP contribution in [0.3, 0.4) is 0 Å². The van der Waals surface area contributed by atoms with Crippen LogP contribution >= 0.6 is 0 Å². The summed E-state index contributed by atoms with van der Waals surface area (Å²) in [6.45, 7) is 6.57. The Morgan fingerprint density at radius 1 is 0.571 bits per heavy atom. The summed E-state index contributed by atoms with van der Waals surface area (Å²) in [5.41, 5.74) is 0. The molecule has 0 aromatic heterocycles. The molecule has 0 unspecified atom stereocenters. The van der Waals surface area contributed by atoms with Crippen molar-refractivity contribution in [3.8, 4) is 0 Å². The van der Waals surface area contributed by atoms with Gasteiger partial charge in [-0.3, -0.25) is 9.59 Å². The molecule has 0 bridgehead atoms. The monoisotopic (exact) mass is 400 g/mol. The zero-order valence-corrected chi connectivity index (χ0v) is 19.0. The maximum absolute atomic E-state index is 10.3. The first kappa shape index (κ1) is 29.1. The molecule has 0 rings (SSSR count). The third-order valence-electron chi connectivity index (χ3n) is 4.92. The van der Waals surface area contributed by atoms with Gasteiger partial charge >= 0.3 is 11.9 Å². The van der Waals surface area contributed by atoms with Crippen LogP contribution in [0, 0.1) is 5.92 Å². The average Bonchev–Trinajstić information content (AvgIpc) is 2.63. The van der Waals surface area contributed by atoms with E-state index in [0.29, 0.717) is 18.8 Å². The fourth-order valence-corrected chi connectivity index (χ4v) is 3.12. The topological polar surface area (TPSA) is 74.6 Å². The Balaban J connectivity index is 0. The van der Waals surface area contributed by atoms with Crippen LogP contribution in [-0.2, 0) is 9.59 Å². The predicted octanol–water partition coefficient (Wildman–Crippen LogP) is 7.84. The van der Waals surface area contributed by atoms with Crippen molar-refractivity contribution in [2.24, 2.45) is 5.92 Å². The van der Waals surface area contributed by atoms with Crippen LogP contribution in [0.5, 0.6) is 0 Å². The molecule has 0 aromatic rings. The summed E-state index contributed by atoms with van der Waals surface area (Å²) in [5.74, 6) is -0.629. The van der Waals surface area contributed by atoms with Gasteiger partial charge in [0.25, 0.3) is 0 Å². The van der Waals surface area contributed by atoms with Crippen molar-refractivity contribution in [1.82, 2.24) is 0 Å². The van der Waals surface area contributed by atoms with Gasteiger partial charge in [-0.15, -0.1) is 0 Å². The molecule has 0 radical (unpaired) electrons. The lowest BCUT2D eigenvalue weighted by Gasteiger charge is -2.02. The van der Waals surface area contributed by atoms with Crippen LogP contribution in [0.2, 0.25) is 0 Å². The van der Waals surface area contributed by atoms with Crippen molar-refractivity contribution < 1.29 is 19.8 Å². The maximum atomic E-state index is 10.3. The number of hydrogen-bond donors (Lipinski definition) is 2. The summed E-state index contributed by atoms with van der Waals surface area (Å²) in [6.07, 6.45) is 20.6. The molecule has 28 heavy (non-hydrogen) atoms. The fourth-order valence-electron chi connectivity index (χ4n) is 3.12. The smallest absolute Gasteiger partial charge is 0.303 e. The van der Waals surface area contributed by atoms with Crippen LogP contribution in [0.15, 0.2) is 0 Å². The van der Waals surface area contributed by atoms with Crippen LogP contribution in [-0.4, -0.2) is 22.2 Å². The Hall–Kier alpha value is -1.06. The Morgan fingerprint density at radius 3 is 1.21 bits per heavy atom. The van der Waals surface area contributed by atoms with Crippen molar-refractivity contribution >= 4 is 11.9 Å². The zero-order chi connectivity index (χ0) is 21.5. The average molecular weight is 401 g/mol. The van der Waals surface area contributed by atoms with E-state index in [4.69, 9.17) is 10.2 Å². The highest BCUT2D eigenvalue weighted by molar-refractivity contribution is 5.66. The number of hydrogen-bond acceptors (Lipinski definition) is 2. The minimum Gasteiger partial charge on any atom is -0.481 e. The third kappa shape index (κ3) is 32.6. The Labute approximate surface area is 174 Å². The first-order valence-electron chi connectivity index (χ1n) is 11.8. The van der Waals surface area contributed by atoms with E-state index >= 15 is 0 Å². The number of carboxylic acid groups (broad SMARTS) is 2. The molecule has 0 heterocycles. The summed E-state index contributed by atoms with van der Waals surface area (Å²) in [5, 5.41) is 16.8. The molecule has 0 aliphatic rings. The zero-order valence-electron chi connectivity index (χ0n) is 19.0. The van der Waals surface area contributed by atoms with Gasteiger partial charge in [-0.25, -0.2) is 0 Å². The molecular formula is C24H48O4. The predicted molar refractivity (Wildman–Crippen MR) is 119 cm³/mol. The molecule has 0 spiro atoms. The molecule has 4 nitrogen and oxygen atoms in total. The highest BCUT2D eigenvalue weighted by Gasteiger charge is 1.98. The lowest BCUT2D eigenvalue weighted by atomic mass is 10.0. The van der Waals surface area contributed by atoms with Crippen LogP contribution in [0.25, 0.3) is 0 Å². The van der Waals surface area contributed by atoms with Crippen LogP contribution in [0.1, 0.15) is 136 Å². The first-order valence-corrected chi connectivity index (χ1v) is 11.8. The lowest BCUT2D eigenvalue weighted by Crippen LogP contribution is -1.94. The third-order valence-corrected chi connectivity index (χ3v) is 4.92. The van der Waals surface area contributed by atoms with Gasteiger partial charge in [0.05, 0.1) is 0 Å². The molecule has 0 aliphatic carbocycles. The van der Waals surface area contributed by atoms with E-state index in [1.54, 1.807) is 0 Å². The molecule has 0 atom stereocenters. The van der Waals surface area contributed by atoms with Gasteiger partial charge in [-0.05, 0) is 18.8 Å². The second-order valence-electron chi connectivity index (χ2n) is 8.42. The second kappa shape index (κ2) is 24.0. The maximum Gasteiger partial charge on any atom is 0.303 e. The Kier molecular flexibility index (Phi) is 25.0. The SMILES string of the molecule is CC(C)CCCCC(=O)O.CCCCCCCCCCCCCCCC(=O)O. The molecule has 0 amide bonds. The van der Waals surface area contributed by atoms with E-state index in [0.717, 1.165) is 32.1 Å². The van der Waals surface area contributed by atoms with Crippen molar-refractivity contribution in [3.05, 3.63) is 0 Å². The molecule has 0 saturated carbocycles. The standard InChI is InChI=1S/C16H32O2.C8H16O2/c1-2-3-4-5-6-7-8-9-10-11-12-13-14-15-16(17)18;1-7(2)5-3-4-6-8(9)10/h2-15H2,1H3,(H,17,18);7H,3-6H2,1-2H3,(H,9,10).